The van der Waals surface area contributed by atoms with Gasteiger partial charge in [0.1, 0.15) is 17.4 Å². The van der Waals surface area contributed by atoms with E-state index in [9.17, 15) is 4.79 Å². The summed E-state index contributed by atoms with van der Waals surface area (Å²) in [5.74, 6) is 0.121. The fraction of sp³-hybridized carbons (Fsp3) is 0.286. The minimum absolute atomic E-state index is 0.163. The molecule has 1 aromatic heterocycles. The van der Waals surface area contributed by atoms with Crippen LogP contribution in [0.3, 0.4) is 0 Å². The second-order valence-electron chi connectivity index (χ2n) is 4.18. The van der Waals surface area contributed by atoms with Gasteiger partial charge in [-0.15, -0.1) is 11.3 Å². The number of esters is 1. The highest BCUT2D eigenvalue weighted by atomic mass is 32.1. The largest absolute Gasteiger partial charge is 0.494 e. The second kappa shape index (κ2) is 6.38. The molecule has 2 N–H and O–H groups in total. The molecule has 0 atom stereocenters. The van der Waals surface area contributed by atoms with Gasteiger partial charge < -0.3 is 15.2 Å². The minimum Gasteiger partial charge on any atom is -0.494 e. The molecule has 0 aliphatic heterocycles. The van der Waals surface area contributed by atoms with E-state index in [4.69, 9.17) is 15.2 Å². The number of nitrogen functional groups attached to an aromatic ring is 1. The fourth-order valence-electron chi connectivity index (χ4n) is 1.67. The summed E-state index contributed by atoms with van der Waals surface area (Å²) in [5, 5.41) is 2.68. The number of aromatic nitrogens is 1. The van der Waals surface area contributed by atoms with E-state index in [1.54, 1.807) is 18.2 Å². The van der Waals surface area contributed by atoms with Crippen molar-refractivity contribution in [2.24, 2.45) is 0 Å². The van der Waals surface area contributed by atoms with Crippen molar-refractivity contribution in [1.82, 2.24) is 4.98 Å². The van der Waals surface area contributed by atoms with Crippen molar-refractivity contribution >= 4 is 23.0 Å². The van der Waals surface area contributed by atoms with Crippen LogP contribution in [-0.2, 0) is 11.3 Å². The summed E-state index contributed by atoms with van der Waals surface area (Å²) in [6.45, 7) is 4.44. The molecule has 0 unspecified atom stereocenters. The molecule has 0 spiro atoms. The normalized spacial score (nSPS) is 10.3. The number of benzene rings is 1. The van der Waals surface area contributed by atoms with E-state index in [0.29, 0.717) is 23.6 Å². The summed E-state index contributed by atoms with van der Waals surface area (Å²) in [6, 6.07) is 4.86. The van der Waals surface area contributed by atoms with E-state index < -0.39 is 5.97 Å². The van der Waals surface area contributed by atoms with Crippen molar-refractivity contribution in [2.45, 2.75) is 20.5 Å². The molecular weight excluding hydrogens is 276 g/mol. The third-order valence-electron chi connectivity index (χ3n) is 2.47. The molecule has 0 bridgehead atoms. The molecular formula is C14H16N2O3S. The Labute approximate surface area is 121 Å². The molecule has 0 saturated carbocycles. The first-order valence-corrected chi connectivity index (χ1v) is 7.08. The summed E-state index contributed by atoms with van der Waals surface area (Å²) in [5.41, 5.74) is 7.50. The molecule has 1 heterocycles. The van der Waals surface area contributed by atoms with Crippen LogP contribution >= 0.6 is 11.3 Å². The number of aryl methyl sites for hydroxylation is 1. The number of nitrogens with zero attached hydrogens (tertiary/aromatic N) is 1. The van der Waals surface area contributed by atoms with Crippen LogP contribution in [0.15, 0.2) is 23.6 Å². The van der Waals surface area contributed by atoms with E-state index in [-0.39, 0.29) is 6.61 Å². The van der Waals surface area contributed by atoms with Gasteiger partial charge in [-0.3, -0.25) is 0 Å². The summed E-state index contributed by atoms with van der Waals surface area (Å²) < 4.78 is 10.6. The van der Waals surface area contributed by atoms with Crippen LogP contribution in [0.4, 0.5) is 5.69 Å². The van der Waals surface area contributed by atoms with Crippen LogP contribution in [0.2, 0.25) is 0 Å². The van der Waals surface area contributed by atoms with Gasteiger partial charge >= 0.3 is 5.97 Å². The van der Waals surface area contributed by atoms with Gasteiger partial charge in [-0.2, -0.15) is 0 Å². The molecule has 0 aliphatic rings. The number of hydrogen-bond donors (Lipinski definition) is 1. The lowest BCUT2D eigenvalue weighted by Gasteiger charge is -2.08. The second-order valence-corrected chi connectivity index (χ2v) is 5.13. The average Bonchev–Trinajstić information content (AvgIpc) is 2.81. The summed E-state index contributed by atoms with van der Waals surface area (Å²) in [6.07, 6.45) is 0. The molecule has 2 rings (SSSR count). The Morgan fingerprint density at radius 2 is 2.20 bits per heavy atom. The number of nitrogens with two attached hydrogens (primary N) is 1. The van der Waals surface area contributed by atoms with Crippen molar-refractivity contribution in [3.63, 3.8) is 0 Å². The van der Waals surface area contributed by atoms with Gasteiger partial charge in [-0.1, -0.05) is 0 Å². The van der Waals surface area contributed by atoms with Crippen molar-refractivity contribution in [3.05, 3.63) is 39.8 Å². The van der Waals surface area contributed by atoms with Gasteiger partial charge in [-0.25, -0.2) is 9.78 Å². The molecule has 20 heavy (non-hydrogen) atoms. The maximum absolute atomic E-state index is 12.0. The topological polar surface area (TPSA) is 74.4 Å². The Morgan fingerprint density at radius 1 is 1.40 bits per heavy atom. The molecule has 0 amide bonds. The van der Waals surface area contributed by atoms with Crippen LogP contribution in [0.25, 0.3) is 0 Å². The van der Waals surface area contributed by atoms with E-state index in [1.165, 1.54) is 11.3 Å². The Balaban J connectivity index is 2.04. The van der Waals surface area contributed by atoms with Crippen molar-refractivity contribution in [1.29, 1.82) is 0 Å². The van der Waals surface area contributed by atoms with E-state index in [1.807, 2.05) is 19.2 Å². The number of ether oxygens (including phenoxy) is 2. The number of carbonyl (C=O) groups is 1. The number of anilines is 1. The summed E-state index contributed by atoms with van der Waals surface area (Å²) in [7, 11) is 0. The zero-order valence-electron chi connectivity index (χ0n) is 11.4. The first kappa shape index (κ1) is 14.3. The van der Waals surface area contributed by atoms with Crippen molar-refractivity contribution < 1.29 is 14.3 Å². The average molecular weight is 292 g/mol. The fourth-order valence-corrected chi connectivity index (χ4v) is 2.35. The molecule has 1 aromatic carbocycles. The molecule has 0 radical (unpaired) electrons. The van der Waals surface area contributed by atoms with Gasteiger partial charge in [0.15, 0.2) is 0 Å². The first-order chi connectivity index (χ1) is 9.58. The molecule has 0 fully saturated rings. The van der Waals surface area contributed by atoms with Crippen molar-refractivity contribution in [2.75, 3.05) is 12.3 Å². The Bertz CT molecular complexity index is 610. The van der Waals surface area contributed by atoms with E-state index in [0.717, 1.165) is 10.7 Å². The Kier molecular flexibility index (Phi) is 4.57. The minimum atomic E-state index is -0.439. The summed E-state index contributed by atoms with van der Waals surface area (Å²) in [4.78, 5) is 16.2. The molecule has 5 nitrogen and oxygen atoms in total. The molecule has 0 saturated heterocycles. The smallest absolute Gasteiger partial charge is 0.338 e. The number of thiazole rings is 1. The first-order valence-electron chi connectivity index (χ1n) is 6.20. The SMILES string of the molecule is CCOc1cc(N)cc(C(=O)OCc2nc(C)cs2)c1. The highest BCUT2D eigenvalue weighted by Gasteiger charge is 2.11. The highest BCUT2D eigenvalue weighted by Crippen LogP contribution is 2.20. The van der Waals surface area contributed by atoms with Crippen LogP contribution in [0, 0.1) is 6.92 Å². The molecule has 106 valence electrons. The van der Waals surface area contributed by atoms with Crippen LogP contribution in [-0.4, -0.2) is 17.6 Å². The number of hydrogen-bond acceptors (Lipinski definition) is 6. The van der Waals surface area contributed by atoms with Gasteiger partial charge in [0.25, 0.3) is 0 Å². The van der Waals surface area contributed by atoms with Crippen molar-refractivity contribution in [3.8, 4) is 5.75 Å². The van der Waals surface area contributed by atoms with Gasteiger partial charge in [-0.05, 0) is 26.0 Å². The monoisotopic (exact) mass is 292 g/mol. The predicted octanol–water partition coefficient (Wildman–Crippen LogP) is 2.79. The van der Waals surface area contributed by atoms with E-state index in [2.05, 4.69) is 4.98 Å². The van der Waals surface area contributed by atoms with E-state index >= 15 is 0 Å². The van der Waals surface area contributed by atoms with Crippen LogP contribution in [0.1, 0.15) is 28.0 Å². The molecule has 6 heteroatoms. The lowest BCUT2D eigenvalue weighted by Crippen LogP contribution is -2.06. The molecule has 0 aliphatic carbocycles. The number of carbonyl (C=O) groups excluding carboxylic acids is 1. The quantitative estimate of drug-likeness (QED) is 0.677. The zero-order valence-corrected chi connectivity index (χ0v) is 12.2. The zero-order chi connectivity index (χ0) is 14.5. The van der Waals surface area contributed by atoms with Gasteiger partial charge in [0.05, 0.1) is 12.2 Å². The Hall–Kier alpha value is -2.08. The summed E-state index contributed by atoms with van der Waals surface area (Å²) >= 11 is 1.46. The number of rotatable bonds is 5. The highest BCUT2D eigenvalue weighted by molar-refractivity contribution is 7.09. The third kappa shape index (κ3) is 3.71. The standard InChI is InChI=1S/C14H16N2O3S/c1-3-18-12-5-10(4-11(15)6-12)14(17)19-7-13-16-9(2)8-20-13/h4-6,8H,3,7,15H2,1-2H3. The molecule has 2 aromatic rings. The maximum atomic E-state index is 12.0. The van der Waals surface area contributed by atoms with Gasteiger partial charge in [0.2, 0.25) is 0 Å². The van der Waals surface area contributed by atoms with Crippen LogP contribution in [0.5, 0.6) is 5.75 Å². The van der Waals surface area contributed by atoms with Gasteiger partial charge in [0, 0.05) is 22.8 Å². The maximum Gasteiger partial charge on any atom is 0.338 e. The lowest BCUT2D eigenvalue weighted by atomic mass is 10.2. The predicted molar refractivity (Wildman–Crippen MR) is 78.0 cm³/mol. The third-order valence-corrected chi connectivity index (χ3v) is 3.41. The van der Waals surface area contributed by atoms with Crippen LogP contribution < -0.4 is 10.5 Å². The Morgan fingerprint density at radius 3 is 2.85 bits per heavy atom. The lowest BCUT2D eigenvalue weighted by molar-refractivity contribution is 0.0472.